The summed E-state index contributed by atoms with van der Waals surface area (Å²) in [7, 11) is 1.65. The molecule has 2 fully saturated rings. The molecule has 8 heteroatoms. The zero-order chi connectivity index (χ0) is 19.6. The molecule has 2 aromatic heterocycles. The lowest BCUT2D eigenvalue weighted by Crippen LogP contribution is -2.55. The average Bonchev–Trinajstić information content (AvgIpc) is 3.40. The minimum absolute atomic E-state index is 0.00611. The largest absolute Gasteiger partial charge is 0.383 e. The van der Waals surface area contributed by atoms with Crippen molar-refractivity contribution >= 4 is 23.2 Å². The maximum atomic E-state index is 13.1. The summed E-state index contributed by atoms with van der Waals surface area (Å²) in [6, 6.07) is 3.83. The van der Waals surface area contributed by atoms with E-state index in [1.165, 1.54) is 0 Å². The van der Waals surface area contributed by atoms with Gasteiger partial charge in [0.25, 0.3) is 5.91 Å². The van der Waals surface area contributed by atoms with Gasteiger partial charge in [0.05, 0.1) is 12.3 Å². The van der Waals surface area contributed by atoms with E-state index < -0.39 is 0 Å². The van der Waals surface area contributed by atoms with Crippen LogP contribution in [0.3, 0.4) is 0 Å². The van der Waals surface area contributed by atoms with Crippen LogP contribution in [0.5, 0.6) is 0 Å². The molecule has 0 bridgehead atoms. The zero-order valence-corrected chi connectivity index (χ0v) is 17.0. The van der Waals surface area contributed by atoms with E-state index in [0.29, 0.717) is 38.4 Å². The van der Waals surface area contributed by atoms with Crippen molar-refractivity contribution in [3.05, 3.63) is 28.6 Å². The number of carbonyl (C=O) groups is 2. The summed E-state index contributed by atoms with van der Waals surface area (Å²) in [6.45, 7) is 3.32. The molecule has 2 aromatic rings. The summed E-state index contributed by atoms with van der Waals surface area (Å²) in [5.74, 6) is 0.188. The topological polar surface area (TPSA) is 78.5 Å². The first kappa shape index (κ1) is 19.1. The Hall–Kier alpha value is -2.19. The molecule has 4 rings (SSSR count). The lowest BCUT2D eigenvalue weighted by Gasteiger charge is -2.48. The second-order valence-electron chi connectivity index (χ2n) is 7.82. The van der Waals surface area contributed by atoms with Crippen LogP contribution in [0.25, 0.3) is 11.3 Å². The summed E-state index contributed by atoms with van der Waals surface area (Å²) in [4.78, 5) is 29.2. The van der Waals surface area contributed by atoms with E-state index >= 15 is 0 Å². The van der Waals surface area contributed by atoms with Gasteiger partial charge in [0, 0.05) is 56.1 Å². The van der Waals surface area contributed by atoms with Crippen LogP contribution in [-0.4, -0.2) is 71.7 Å². The molecule has 1 atom stereocenters. The molecule has 2 aliphatic heterocycles. The number of nitrogens with zero attached hydrogens (tertiary/aromatic N) is 3. The van der Waals surface area contributed by atoms with Crippen molar-refractivity contribution in [3.8, 4) is 11.3 Å². The molecule has 0 unspecified atom stereocenters. The number of ether oxygens (including phenoxy) is 1. The Morgan fingerprint density at radius 3 is 3.07 bits per heavy atom. The number of amides is 2. The molecule has 150 valence electrons. The lowest BCUT2D eigenvalue weighted by molar-refractivity contribution is -0.139. The molecule has 28 heavy (non-hydrogen) atoms. The number of H-pyrrole nitrogens is 1. The summed E-state index contributed by atoms with van der Waals surface area (Å²) in [5.41, 5.74) is 2.34. The van der Waals surface area contributed by atoms with Gasteiger partial charge in [-0.1, -0.05) is 0 Å². The quantitative estimate of drug-likeness (QED) is 0.834. The maximum absolute atomic E-state index is 13.1. The standard InChI is InChI=1S/C20H26N4O3S/c1-27-9-8-23-13-20(6-3-18(23)25)5-2-7-24(14-20)19(26)17-11-16(21-22-17)15-4-10-28-12-15/h4,10-12H,2-3,5-9,13-14H2,1H3,(H,21,22)/t20-/m0/s1. The fourth-order valence-corrected chi connectivity index (χ4v) is 5.03. The van der Waals surface area contributed by atoms with Gasteiger partial charge in [-0.2, -0.15) is 16.4 Å². The minimum Gasteiger partial charge on any atom is -0.383 e. The number of aromatic nitrogens is 2. The summed E-state index contributed by atoms with van der Waals surface area (Å²) in [5, 5.41) is 11.2. The fraction of sp³-hybridized carbons (Fsp3) is 0.550. The SMILES string of the molecule is COCCN1C[C@]2(CCCN(C(=O)c3cc(-c4ccsc4)n[nH]3)C2)CCC1=O. The smallest absolute Gasteiger partial charge is 0.271 e. The maximum Gasteiger partial charge on any atom is 0.271 e. The Labute approximate surface area is 168 Å². The van der Waals surface area contributed by atoms with Gasteiger partial charge >= 0.3 is 0 Å². The van der Waals surface area contributed by atoms with Crippen molar-refractivity contribution < 1.29 is 14.3 Å². The summed E-state index contributed by atoms with van der Waals surface area (Å²) >= 11 is 1.61. The van der Waals surface area contributed by atoms with E-state index in [9.17, 15) is 9.59 Å². The first-order valence-electron chi connectivity index (χ1n) is 9.74. The van der Waals surface area contributed by atoms with Crippen LogP contribution in [0.1, 0.15) is 36.2 Å². The number of methoxy groups -OCH3 is 1. The molecule has 0 aliphatic carbocycles. The van der Waals surface area contributed by atoms with E-state index in [1.54, 1.807) is 18.4 Å². The van der Waals surface area contributed by atoms with Crippen molar-refractivity contribution in [1.29, 1.82) is 0 Å². The number of likely N-dealkylation sites (tertiary alicyclic amines) is 2. The van der Waals surface area contributed by atoms with Crippen LogP contribution >= 0.6 is 11.3 Å². The van der Waals surface area contributed by atoms with Crippen LogP contribution in [0.2, 0.25) is 0 Å². The van der Waals surface area contributed by atoms with Crippen LogP contribution in [0, 0.1) is 5.41 Å². The highest BCUT2D eigenvalue weighted by atomic mass is 32.1. The molecule has 2 saturated heterocycles. The van der Waals surface area contributed by atoms with Gasteiger partial charge in [0.1, 0.15) is 5.69 Å². The highest BCUT2D eigenvalue weighted by Gasteiger charge is 2.42. The third kappa shape index (κ3) is 3.84. The number of aromatic amines is 1. The molecule has 2 amide bonds. The number of piperidine rings is 2. The van der Waals surface area contributed by atoms with E-state index in [0.717, 1.165) is 37.1 Å². The van der Waals surface area contributed by atoms with Gasteiger partial charge < -0.3 is 14.5 Å². The second-order valence-corrected chi connectivity index (χ2v) is 8.60. The second kappa shape index (κ2) is 8.05. The molecule has 7 nitrogen and oxygen atoms in total. The molecule has 0 radical (unpaired) electrons. The van der Waals surface area contributed by atoms with Gasteiger partial charge in [0.2, 0.25) is 5.91 Å². The van der Waals surface area contributed by atoms with Crippen molar-refractivity contribution in [1.82, 2.24) is 20.0 Å². The van der Waals surface area contributed by atoms with Gasteiger partial charge in [-0.05, 0) is 36.8 Å². The predicted molar refractivity (Wildman–Crippen MR) is 107 cm³/mol. The van der Waals surface area contributed by atoms with Crippen LogP contribution < -0.4 is 0 Å². The number of rotatable bonds is 5. The third-order valence-electron chi connectivity index (χ3n) is 5.89. The van der Waals surface area contributed by atoms with Crippen molar-refractivity contribution in [2.45, 2.75) is 25.7 Å². The van der Waals surface area contributed by atoms with E-state index in [1.807, 2.05) is 32.7 Å². The highest BCUT2D eigenvalue weighted by Crippen LogP contribution is 2.39. The monoisotopic (exact) mass is 402 g/mol. The molecule has 1 N–H and O–H groups in total. The number of hydrogen-bond donors (Lipinski definition) is 1. The van der Waals surface area contributed by atoms with Crippen LogP contribution in [0.15, 0.2) is 22.9 Å². The summed E-state index contributed by atoms with van der Waals surface area (Å²) in [6.07, 6.45) is 3.42. The van der Waals surface area contributed by atoms with Crippen molar-refractivity contribution in [2.24, 2.45) is 5.41 Å². The van der Waals surface area contributed by atoms with Crippen molar-refractivity contribution in [3.63, 3.8) is 0 Å². The van der Waals surface area contributed by atoms with E-state index in [2.05, 4.69) is 10.2 Å². The Morgan fingerprint density at radius 1 is 1.39 bits per heavy atom. The molecule has 2 aliphatic rings. The Balaban J connectivity index is 1.46. The normalized spacial score (nSPS) is 22.8. The van der Waals surface area contributed by atoms with E-state index in [4.69, 9.17) is 4.74 Å². The fourth-order valence-electron chi connectivity index (χ4n) is 4.38. The zero-order valence-electron chi connectivity index (χ0n) is 16.1. The molecule has 0 aromatic carbocycles. The Bertz CT molecular complexity index is 834. The lowest BCUT2D eigenvalue weighted by atomic mass is 9.73. The number of thiophene rings is 1. The molecular weight excluding hydrogens is 376 g/mol. The third-order valence-corrected chi connectivity index (χ3v) is 6.57. The van der Waals surface area contributed by atoms with Crippen LogP contribution in [-0.2, 0) is 9.53 Å². The number of nitrogens with one attached hydrogen (secondary N) is 1. The first-order valence-corrected chi connectivity index (χ1v) is 10.7. The van der Waals surface area contributed by atoms with Crippen LogP contribution in [0.4, 0.5) is 0 Å². The van der Waals surface area contributed by atoms with E-state index in [-0.39, 0.29) is 17.2 Å². The highest BCUT2D eigenvalue weighted by molar-refractivity contribution is 7.08. The van der Waals surface area contributed by atoms with Gasteiger partial charge in [-0.15, -0.1) is 0 Å². The Morgan fingerprint density at radius 2 is 2.29 bits per heavy atom. The molecule has 0 saturated carbocycles. The predicted octanol–water partition coefficient (Wildman–Crippen LogP) is 2.63. The van der Waals surface area contributed by atoms with Gasteiger partial charge in [-0.3, -0.25) is 14.7 Å². The van der Waals surface area contributed by atoms with Gasteiger partial charge in [-0.25, -0.2) is 0 Å². The first-order chi connectivity index (χ1) is 13.6. The molecule has 4 heterocycles. The minimum atomic E-state index is -0.00816. The van der Waals surface area contributed by atoms with Gasteiger partial charge in [0.15, 0.2) is 0 Å². The number of carbonyl (C=O) groups excluding carboxylic acids is 2. The van der Waals surface area contributed by atoms with Crippen molar-refractivity contribution in [2.75, 3.05) is 39.9 Å². The summed E-state index contributed by atoms with van der Waals surface area (Å²) < 4.78 is 5.15. The number of hydrogen-bond acceptors (Lipinski definition) is 5. The average molecular weight is 403 g/mol. The molecular formula is C20H26N4O3S. The molecule has 1 spiro atoms. The Kier molecular flexibility index (Phi) is 5.50.